The van der Waals surface area contributed by atoms with Crippen molar-refractivity contribution in [1.29, 1.82) is 0 Å². The Morgan fingerprint density at radius 1 is 1.00 bits per heavy atom. The van der Waals surface area contributed by atoms with Gasteiger partial charge in [0.15, 0.2) is 0 Å². The molecule has 1 unspecified atom stereocenters. The molecule has 3 N–H and O–H groups in total. The molecular formula is C17H26Cl3N2O+. The highest BCUT2D eigenvalue weighted by Crippen LogP contribution is 2.28. The minimum absolute atomic E-state index is 0.0368. The molecular weight excluding hydrogens is 355 g/mol. The highest BCUT2D eigenvalue weighted by molar-refractivity contribution is 6.68. The Labute approximate surface area is 154 Å². The number of amides is 1. The third-order valence-corrected chi connectivity index (χ3v) is 4.02. The SMILES string of the molecule is CC(C)(C)[NH2+]C(NC(=O)c1ccc(C(C)(C)C)cc1)C(Cl)(Cl)Cl. The number of quaternary nitrogens is 1. The molecule has 0 radical (unpaired) electrons. The zero-order valence-electron chi connectivity index (χ0n) is 14.5. The third-order valence-electron chi connectivity index (χ3n) is 3.32. The number of carbonyl (C=O) groups is 1. The summed E-state index contributed by atoms with van der Waals surface area (Å²) in [5.41, 5.74) is 1.54. The fourth-order valence-corrected chi connectivity index (χ4v) is 2.42. The van der Waals surface area contributed by atoms with Crippen LogP contribution in [0.25, 0.3) is 0 Å². The number of hydrogen-bond acceptors (Lipinski definition) is 1. The number of halogens is 3. The Morgan fingerprint density at radius 3 is 1.83 bits per heavy atom. The van der Waals surface area contributed by atoms with Crippen molar-refractivity contribution in [1.82, 2.24) is 5.32 Å². The number of hydrogen-bond donors (Lipinski definition) is 2. The summed E-state index contributed by atoms with van der Waals surface area (Å²) in [6.07, 6.45) is -0.678. The highest BCUT2D eigenvalue weighted by Gasteiger charge is 2.40. The highest BCUT2D eigenvalue weighted by atomic mass is 35.6. The van der Waals surface area contributed by atoms with Crippen LogP contribution in [0.5, 0.6) is 0 Å². The van der Waals surface area contributed by atoms with Gasteiger partial charge in [-0.1, -0.05) is 67.7 Å². The van der Waals surface area contributed by atoms with Crippen LogP contribution in [0.3, 0.4) is 0 Å². The predicted molar refractivity (Wildman–Crippen MR) is 98.4 cm³/mol. The molecule has 0 aliphatic rings. The minimum Gasteiger partial charge on any atom is -0.319 e. The summed E-state index contributed by atoms with van der Waals surface area (Å²) in [4.78, 5) is 12.4. The van der Waals surface area contributed by atoms with Gasteiger partial charge in [-0.25, -0.2) is 0 Å². The number of rotatable bonds is 3. The van der Waals surface area contributed by atoms with E-state index >= 15 is 0 Å². The molecule has 130 valence electrons. The number of alkyl halides is 3. The molecule has 1 aromatic rings. The Morgan fingerprint density at radius 2 is 1.48 bits per heavy atom. The smallest absolute Gasteiger partial charge is 0.262 e. The normalized spacial score (nSPS) is 14.5. The topological polar surface area (TPSA) is 45.7 Å². The molecule has 0 aliphatic carbocycles. The summed E-state index contributed by atoms with van der Waals surface area (Å²) in [5.74, 6) is -0.262. The second-order valence-electron chi connectivity index (χ2n) is 7.85. The third kappa shape index (κ3) is 6.88. The van der Waals surface area contributed by atoms with E-state index in [0.717, 1.165) is 5.56 Å². The quantitative estimate of drug-likeness (QED) is 0.608. The van der Waals surface area contributed by atoms with Gasteiger partial charge >= 0.3 is 0 Å². The van der Waals surface area contributed by atoms with Crippen LogP contribution < -0.4 is 10.6 Å². The molecule has 1 aromatic carbocycles. The lowest BCUT2D eigenvalue weighted by Gasteiger charge is -2.29. The fraction of sp³-hybridized carbons (Fsp3) is 0.588. The lowest BCUT2D eigenvalue weighted by atomic mass is 9.87. The van der Waals surface area contributed by atoms with Crippen molar-refractivity contribution in [3.05, 3.63) is 35.4 Å². The van der Waals surface area contributed by atoms with Crippen LogP contribution in [0.15, 0.2) is 24.3 Å². The van der Waals surface area contributed by atoms with Gasteiger partial charge in [0.25, 0.3) is 9.70 Å². The second-order valence-corrected chi connectivity index (χ2v) is 10.2. The van der Waals surface area contributed by atoms with Crippen LogP contribution in [0, 0.1) is 0 Å². The van der Waals surface area contributed by atoms with Gasteiger partial charge in [-0.15, -0.1) is 0 Å². The molecule has 0 aliphatic heterocycles. The summed E-state index contributed by atoms with van der Waals surface area (Å²) in [6.45, 7) is 12.3. The van der Waals surface area contributed by atoms with Crippen molar-refractivity contribution < 1.29 is 10.1 Å². The van der Waals surface area contributed by atoms with Gasteiger partial charge in [0, 0.05) is 5.56 Å². The number of benzene rings is 1. The van der Waals surface area contributed by atoms with E-state index in [0.29, 0.717) is 5.56 Å². The first-order valence-electron chi connectivity index (χ1n) is 7.54. The maximum Gasteiger partial charge on any atom is 0.262 e. The van der Waals surface area contributed by atoms with Gasteiger partial charge < -0.3 is 5.32 Å². The average molecular weight is 381 g/mol. The molecule has 0 spiro atoms. The van der Waals surface area contributed by atoms with Gasteiger partial charge in [-0.3, -0.25) is 10.1 Å². The van der Waals surface area contributed by atoms with Crippen LogP contribution in [0.4, 0.5) is 0 Å². The lowest BCUT2D eigenvalue weighted by molar-refractivity contribution is -0.749. The Hall–Kier alpha value is -0.480. The van der Waals surface area contributed by atoms with Crippen LogP contribution >= 0.6 is 34.8 Å². The first-order chi connectivity index (χ1) is 10.2. The van der Waals surface area contributed by atoms with E-state index in [2.05, 4.69) is 26.1 Å². The molecule has 6 heteroatoms. The number of carbonyl (C=O) groups excluding carboxylic acids is 1. The summed E-state index contributed by atoms with van der Waals surface area (Å²) < 4.78 is -1.60. The van der Waals surface area contributed by atoms with Crippen molar-refractivity contribution in [3.8, 4) is 0 Å². The molecule has 0 heterocycles. The van der Waals surface area contributed by atoms with Crippen molar-refractivity contribution in [2.45, 2.75) is 62.5 Å². The van der Waals surface area contributed by atoms with E-state index < -0.39 is 9.96 Å². The van der Waals surface area contributed by atoms with Gasteiger partial charge in [-0.2, -0.15) is 0 Å². The maximum absolute atomic E-state index is 12.4. The van der Waals surface area contributed by atoms with Crippen LogP contribution in [0.2, 0.25) is 0 Å². The minimum atomic E-state index is -1.60. The first-order valence-corrected chi connectivity index (χ1v) is 8.68. The van der Waals surface area contributed by atoms with Gasteiger partial charge in [0.2, 0.25) is 6.17 Å². The summed E-state index contributed by atoms with van der Waals surface area (Å²) in [6, 6.07) is 7.49. The number of nitrogens with two attached hydrogens (primary N) is 1. The van der Waals surface area contributed by atoms with E-state index in [-0.39, 0.29) is 16.9 Å². The molecule has 0 bridgehead atoms. The van der Waals surface area contributed by atoms with E-state index in [1.54, 1.807) is 12.1 Å². The molecule has 1 rings (SSSR count). The van der Waals surface area contributed by atoms with Crippen LogP contribution in [-0.2, 0) is 5.41 Å². The maximum atomic E-state index is 12.4. The van der Waals surface area contributed by atoms with Gasteiger partial charge in [-0.05, 0) is 43.9 Å². The zero-order valence-corrected chi connectivity index (χ0v) is 16.8. The first kappa shape index (κ1) is 20.6. The molecule has 0 saturated heterocycles. The molecule has 0 aromatic heterocycles. The Bertz CT molecular complexity index is 537. The van der Waals surface area contributed by atoms with Crippen molar-refractivity contribution in [2.24, 2.45) is 0 Å². The largest absolute Gasteiger partial charge is 0.319 e. The Kier molecular flexibility index (Phi) is 6.42. The van der Waals surface area contributed by atoms with E-state index in [4.69, 9.17) is 34.8 Å². The predicted octanol–water partition coefficient (Wildman–Crippen LogP) is 3.77. The van der Waals surface area contributed by atoms with E-state index in [9.17, 15) is 4.79 Å². The van der Waals surface area contributed by atoms with Gasteiger partial charge in [0.05, 0.1) is 5.54 Å². The fourth-order valence-electron chi connectivity index (χ4n) is 2.06. The van der Waals surface area contributed by atoms with Crippen LogP contribution in [-0.4, -0.2) is 21.4 Å². The number of nitrogens with one attached hydrogen (secondary N) is 1. The molecule has 23 heavy (non-hydrogen) atoms. The molecule has 3 nitrogen and oxygen atoms in total. The molecule has 0 fully saturated rings. The summed E-state index contributed by atoms with van der Waals surface area (Å²) >= 11 is 18.0. The van der Waals surface area contributed by atoms with E-state index in [1.165, 1.54) is 0 Å². The van der Waals surface area contributed by atoms with Crippen molar-refractivity contribution >= 4 is 40.7 Å². The van der Waals surface area contributed by atoms with Crippen molar-refractivity contribution in [3.63, 3.8) is 0 Å². The zero-order chi connectivity index (χ0) is 18.1. The molecule has 1 atom stereocenters. The summed E-state index contributed by atoms with van der Waals surface area (Å²) in [5, 5.41) is 4.63. The second kappa shape index (κ2) is 7.18. The Balaban J connectivity index is 2.91. The monoisotopic (exact) mass is 379 g/mol. The van der Waals surface area contributed by atoms with Gasteiger partial charge in [0.1, 0.15) is 0 Å². The van der Waals surface area contributed by atoms with Crippen molar-refractivity contribution in [2.75, 3.05) is 0 Å². The van der Waals surface area contributed by atoms with E-state index in [1.807, 2.05) is 38.2 Å². The molecule has 1 amide bonds. The summed E-state index contributed by atoms with van der Waals surface area (Å²) in [7, 11) is 0. The molecule has 0 saturated carbocycles. The average Bonchev–Trinajstić information content (AvgIpc) is 2.34. The van der Waals surface area contributed by atoms with Crippen LogP contribution in [0.1, 0.15) is 57.5 Å². The standard InChI is InChI=1S/C17H25Cl3N2O/c1-15(2,3)12-9-7-11(8-10-12)13(23)21-14(17(18,19)20)22-16(4,5)6/h7-10,14,22H,1-6H3,(H,21,23)/p+1. The lowest BCUT2D eigenvalue weighted by Crippen LogP contribution is -3.03.